The molecule has 0 N–H and O–H groups in total. The maximum atomic E-state index is 14.3. The van der Waals surface area contributed by atoms with Crippen LogP contribution in [-0.2, 0) is 7.05 Å². The highest BCUT2D eigenvalue weighted by Crippen LogP contribution is 2.29. The van der Waals surface area contributed by atoms with Gasteiger partial charge in [-0.1, -0.05) is 11.8 Å². The third kappa shape index (κ3) is 3.91. The van der Waals surface area contributed by atoms with Crippen LogP contribution < -0.4 is 5.56 Å². The van der Waals surface area contributed by atoms with E-state index in [2.05, 4.69) is 23.7 Å². The van der Waals surface area contributed by atoms with Crippen LogP contribution in [0.3, 0.4) is 0 Å². The summed E-state index contributed by atoms with van der Waals surface area (Å²) in [5, 5.41) is 0. The lowest BCUT2D eigenvalue weighted by molar-refractivity contribution is 0.574. The first-order valence-electron chi connectivity index (χ1n) is 7.45. The van der Waals surface area contributed by atoms with Gasteiger partial charge in [0.1, 0.15) is 11.6 Å². The van der Waals surface area contributed by atoms with Gasteiger partial charge in [0.2, 0.25) is 0 Å². The van der Waals surface area contributed by atoms with Crippen LogP contribution in [0.2, 0.25) is 0 Å². The number of nitrogens with zero attached hydrogens (tertiary/aromatic N) is 1. The molecule has 24 heavy (non-hydrogen) atoms. The molecule has 1 aromatic carbocycles. The molecule has 1 atom stereocenters. The maximum absolute atomic E-state index is 14.3. The summed E-state index contributed by atoms with van der Waals surface area (Å²) in [6.45, 7) is 3.50. The molecule has 0 aliphatic carbocycles. The molecule has 0 amide bonds. The zero-order chi connectivity index (χ0) is 17.7. The van der Waals surface area contributed by atoms with Crippen molar-refractivity contribution in [3.8, 4) is 23.7 Å². The maximum Gasteiger partial charge on any atom is 0.254 e. The fraction of sp³-hybridized carbons (Fsp3) is 0.250. The van der Waals surface area contributed by atoms with Crippen molar-refractivity contribution >= 4 is 0 Å². The summed E-state index contributed by atoms with van der Waals surface area (Å²) in [5.74, 6) is 8.97. The highest BCUT2D eigenvalue weighted by Gasteiger charge is 2.21. The van der Waals surface area contributed by atoms with Crippen LogP contribution in [0.25, 0.3) is 0 Å². The van der Waals surface area contributed by atoms with Gasteiger partial charge in [-0.3, -0.25) is 4.79 Å². The molecule has 2 aromatic rings. The van der Waals surface area contributed by atoms with Crippen molar-refractivity contribution in [2.24, 2.45) is 7.05 Å². The minimum Gasteiger partial charge on any atom is -0.318 e. The van der Waals surface area contributed by atoms with Gasteiger partial charge in [-0.25, -0.2) is 8.78 Å². The van der Waals surface area contributed by atoms with E-state index in [0.717, 1.165) is 23.8 Å². The monoisotopic (exact) mass is 325 g/mol. The van der Waals surface area contributed by atoms with Gasteiger partial charge in [0.15, 0.2) is 0 Å². The van der Waals surface area contributed by atoms with Gasteiger partial charge >= 0.3 is 0 Å². The molecular formula is C20H17F2NO. The predicted octanol–water partition coefficient (Wildman–Crippen LogP) is 3.52. The molecule has 0 fully saturated rings. The van der Waals surface area contributed by atoms with Crippen molar-refractivity contribution in [3.63, 3.8) is 0 Å². The first-order chi connectivity index (χ1) is 11.4. The normalized spacial score (nSPS) is 11.0. The number of hydrogen-bond donors (Lipinski definition) is 0. The second-order valence-corrected chi connectivity index (χ2v) is 5.49. The third-order valence-corrected chi connectivity index (χ3v) is 3.64. The highest BCUT2D eigenvalue weighted by atomic mass is 19.1. The van der Waals surface area contributed by atoms with Gasteiger partial charge in [-0.05, 0) is 61.1 Å². The lowest BCUT2D eigenvalue weighted by atomic mass is 9.88. The fourth-order valence-corrected chi connectivity index (χ4v) is 2.59. The van der Waals surface area contributed by atoms with Crippen LogP contribution in [0.15, 0.2) is 35.3 Å². The lowest BCUT2D eigenvalue weighted by Crippen LogP contribution is -2.24. The van der Waals surface area contributed by atoms with E-state index in [1.165, 1.54) is 4.57 Å². The molecule has 1 heterocycles. The standard InChI is InChI=1S/C20H17F2NO/c1-4-5-6-7-8-16(17-12-15(21)9-10-19(17)22)18-11-14(2)13-23(3)20(18)24/h9-13,16H,8H2,1-3H3. The summed E-state index contributed by atoms with van der Waals surface area (Å²) < 4.78 is 29.3. The van der Waals surface area contributed by atoms with Gasteiger partial charge in [0.05, 0.1) is 0 Å². The first-order valence-corrected chi connectivity index (χ1v) is 7.45. The molecule has 1 aromatic heterocycles. The van der Waals surface area contributed by atoms with Crippen LogP contribution in [0.4, 0.5) is 8.78 Å². The number of benzene rings is 1. The first kappa shape index (κ1) is 17.5. The average molecular weight is 325 g/mol. The third-order valence-electron chi connectivity index (χ3n) is 3.64. The Bertz CT molecular complexity index is 936. The van der Waals surface area contributed by atoms with Crippen LogP contribution in [-0.4, -0.2) is 4.57 Å². The Hall–Kier alpha value is -2.85. The van der Waals surface area contributed by atoms with Crippen molar-refractivity contribution in [2.45, 2.75) is 26.2 Å². The molecule has 2 rings (SSSR count). The van der Waals surface area contributed by atoms with Gasteiger partial charge in [-0.2, -0.15) is 0 Å². The van der Waals surface area contributed by atoms with Crippen molar-refractivity contribution in [1.29, 1.82) is 0 Å². The zero-order valence-corrected chi connectivity index (χ0v) is 13.8. The van der Waals surface area contributed by atoms with E-state index in [-0.39, 0.29) is 17.5 Å². The van der Waals surface area contributed by atoms with Crippen LogP contribution >= 0.6 is 0 Å². The van der Waals surface area contributed by atoms with Crippen molar-refractivity contribution in [3.05, 3.63) is 69.1 Å². The van der Waals surface area contributed by atoms with Gasteiger partial charge in [0.25, 0.3) is 5.56 Å². The van der Waals surface area contributed by atoms with Crippen molar-refractivity contribution < 1.29 is 8.78 Å². The molecular weight excluding hydrogens is 308 g/mol. The zero-order valence-electron chi connectivity index (χ0n) is 13.8. The summed E-state index contributed by atoms with van der Waals surface area (Å²) in [6, 6.07) is 4.94. The average Bonchev–Trinajstić information content (AvgIpc) is 2.54. The van der Waals surface area contributed by atoms with E-state index in [9.17, 15) is 13.6 Å². The topological polar surface area (TPSA) is 22.0 Å². The Morgan fingerprint density at radius 1 is 1.17 bits per heavy atom. The lowest BCUT2D eigenvalue weighted by Gasteiger charge is -2.17. The highest BCUT2D eigenvalue weighted by molar-refractivity contribution is 5.37. The molecule has 0 aliphatic rings. The number of aryl methyl sites for hydroxylation is 2. The van der Waals surface area contributed by atoms with Crippen molar-refractivity contribution in [2.75, 3.05) is 0 Å². The Morgan fingerprint density at radius 3 is 2.62 bits per heavy atom. The molecule has 4 heteroatoms. The molecule has 122 valence electrons. The van der Waals surface area contributed by atoms with E-state index in [1.54, 1.807) is 26.2 Å². The Balaban J connectivity index is 2.63. The number of pyridine rings is 1. The molecule has 0 aliphatic heterocycles. The second kappa shape index (κ2) is 7.62. The molecule has 0 radical (unpaired) electrons. The fourth-order valence-electron chi connectivity index (χ4n) is 2.59. The largest absolute Gasteiger partial charge is 0.318 e. The summed E-state index contributed by atoms with van der Waals surface area (Å²) >= 11 is 0. The Kier molecular flexibility index (Phi) is 5.55. The molecule has 2 nitrogen and oxygen atoms in total. The summed E-state index contributed by atoms with van der Waals surface area (Å²) in [6.07, 6.45) is 1.87. The minimum absolute atomic E-state index is 0.122. The van der Waals surface area contributed by atoms with Crippen molar-refractivity contribution in [1.82, 2.24) is 4.57 Å². The number of aromatic nitrogens is 1. The van der Waals surface area contributed by atoms with Crippen LogP contribution in [0.5, 0.6) is 0 Å². The summed E-state index contributed by atoms with van der Waals surface area (Å²) in [7, 11) is 1.63. The number of halogens is 2. The van der Waals surface area contributed by atoms with Crippen LogP contribution in [0.1, 0.15) is 36.0 Å². The van der Waals surface area contributed by atoms with E-state index in [1.807, 2.05) is 6.92 Å². The Labute approximate surface area is 140 Å². The predicted molar refractivity (Wildman–Crippen MR) is 90.5 cm³/mol. The Morgan fingerprint density at radius 2 is 1.92 bits per heavy atom. The van der Waals surface area contributed by atoms with E-state index in [4.69, 9.17) is 0 Å². The number of rotatable bonds is 3. The van der Waals surface area contributed by atoms with E-state index >= 15 is 0 Å². The molecule has 0 spiro atoms. The molecule has 0 saturated heterocycles. The van der Waals surface area contributed by atoms with Gasteiger partial charge in [0, 0.05) is 31.1 Å². The van der Waals surface area contributed by atoms with Crippen LogP contribution in [0, 0.1) is 42.2 Å². The van der Waals surface area contributed by atoms with Gasteiger partial charge in [-0.15, -0.1) is 0 Å². The summed E-state index contributed by atoms with van der Waals surface area (Å²) in [5.41, 5.74) is 1.12. The van der Waals surface area contributed by atoms with E-state index in [0.29, 0.717) is 5.56 Å². The number of hydrogen-bond acceptors (Lipinski definition) is 1. The molecule has 1 unspecified atom stereocenters. The smallest absolute Gasteiger partial charge is 0.254 e. The quantitative estimate of drug-likeness (QED) is 0.792. The SMILES string of the molecule is CC#CC#CCC(c1cc(F)ccc1F)c1cc(C)cn(C)c1=O. The second-order valence-electron chi connectivity index (χ2n) is 5.49. The van der Waals surface area contributed by atoms with Gasteiger partial charge < -0.3 is 4.57 Å². The molecule has 0 saturated carbocycles. The summed E-state index contributed by atoms with van der Waals surface area (Å²) in [4.78, 5) is 12.5. The van der Waals surface area contributed by atoms with E-state index < -0.39 is 17.6 Å². The molecule has 0 bridgehead atoms. The minimum atomic E-state index is -0.662.